The van der Waals surface area contributed by atoms with Gasteiger partial charge in [-0.05, 0) is 57.6 Å². The van der Waals surface area contributed by atoms with Gasteiger partial charge in [0.1, 0.15) is 16.4 Å². The molecule has 0 fully saturated rings. The monoisotopic (exact) mass is 516 g/mol. The van der Waals surface area contributed by atoms with Crippen LogP contribution in [0.2, 0.25) is 0 Å². The van der Waals surface area contributed by atoms with Crippen molar-refractivity contribution in [3.05, 3.63) is 47.8 Å². The molecule has 0 bridgehead atoms. The topological polar surface area (TPSA) is 164 Å². The maximum Gasteiger partial charge on any atom is 0.287 e. The molecule has 0 atom stereocenters. The van der Waals surface area contributed by atoms with E-state index in [0.29, 0.717) is 12.1 Å². The minimum absolute atomic E-state index is 0.0131. The fraction of sp³-hybridized carbons (Fsp3) is 0.375. The van der Waals surface area contributed by atoms with Gasteiger partial charge in [0, 0.05) is 18.3 Å². The number of aromatic hydroxyl groups is 2. The molecular formula is C24H32N6O5S. The van der Waals surface area contributed by atoms with Gasteiger partial charge >= 0.3 is 0 Å². The summed E-state index contributed by atoms with van der Waals surface area (Å²) in [5, 5.41) is 28.7. The number of unbranched alkanes of at least 4 members (excludes halogenated alkanes) is 1. The number of phenolic OH excluding ortho intramolecular Hbond substituents is 2. The molecule has 194 valence electrons. The Balaban J connectivity index is 1.94. The Morgan fingerprint density at radius 3 is 2.33 bits per heavy atom. The van der Waals surface area contributed by atoms with Gasteiger partial charge < -0.3 is 20.8 Å². The molecule has 12 heteroatoms. The zero-order chi connectivity index (χ0) is 26.5. The Morgan fingerprint density at radius 1 is 1.06 bits per heavy atom. The first-order chi connectivity index (χ1) is 17.1. The van der Waals surface area contributed by atoms with Crippen LogP contribution in [0.5, 0.6) is 11.5 Å². The lowest BCUT2D eigenvalue weighted by Crippen LogP contribution is -2.27. The number of phenols is 2. The summed E-state index contributed by atoms with van der Waals surface area (Å²) in [6, 6.07) is 9.05. The SMILES string of the molecule is CCN(CC)CCCCNS(=O)(=O)c1cc(-c2nnc(C(N)=O)n2-c2ccc(C)cc2)c(O)cc1O. The van der Waals surface area contributed by atoms with Crippen molar-refractivity contribution in [2.24, 2.45) is 5.73 Å². The second kappa shape index (κ2) is 11.5. The number of carbonyl (C=O) groups excluding carboxylic acids is 1. The van der Waals surface area contributed by atoms with Crippen molar-refractivity contribution in [1.82, 2.24) is 24.4 Å². The Bertz CT molecular complexity index is 1320. The molecule has 0 aliphatic rings. The minimum atomic E-state index is -4.12. The normalized spacial score (nSPS) is 11.8. The highest BCUT2D eigenvalue weighted by molar-refractivity contribution is 7.89. The average Bonchev–Trinajstić information content (AvgIpc) is 3.27. The molecule has 3 rings (SSSR count). The van der Waals surface area contributed by atoms with Crippen LogP contribution in [-0.4, -0.2) is 70.4 Å². The summed E-state index contributed by atoms with van der Waals surface area (Å²) in [5.41, 5.74) is 6.88. The molecule has 2 aromatic carbocycles. The Kier molecular flexibility index (Phi) is 8.66. The number of sulfonamides is 1. The molecule has 0 aliphatic carbocycles. The van der Waals surface area contributed by atoms with Crippen LogP contribution in [0.15, 0.2) is 41.3 Å². The number of nitrogens with one attached hydrogen (secondary N) is 1. The van der Waals surface area contributed by atoms with Gasteiger partial charge in [-0.2, -0.15) is 0 Å². The maximum atomic E-state index is 13.0. The summed E-state index contributed by atoms with van der Waals surface area (Å²) < 4.78 is 29.8. The van der Waals surface area contributed by atoms with E-state index in [-0.39, 0.29) is 23.8 Å². The summed E-state index contributed by atoms with van der Waals surface area (Å²) in [5.74, 6) is -2.13. The number of benzene rings is 2. The van der Waals surface area contributed by atoms with E-state index in [4.69, 9.17) is 5.73 Å². The van der Waals surface area contributed by atoms with Crippen molar-refractivity contribution in [3.8, 4) is 28.6 Å². The summed E-state index contributed by atoms with van der Waals surface area (Å²) in [7, 11) is -4.12. The number of nitrogens with zero attached hydrogens (tertiary/aromatic N) is 4. The standard InChI is InChI=1S/C24H32N6O5S/c1-4-29(5-2)13-7-6-12-26-36(34,35)21-14-18(19(31)15-20(21)32)23-27-28-24(22(25)33)30(23)17-10-8-16(3)9-11-17/h8-11,14-15,26,31-32H,4-7,12-13H2,1-3H3,(H2,25,33). The predicted octanol–water partition coefficient (Wildman–Crippen LogP) is 2.15. The first-order valence-corrected chi connectivity index (χ1v) is 13.2. The zero-order valence-electron chi connectivity index (χ0n) is 20.6. The van der Waals surface area contributed by atoms with Crippen LogP contribution in [0.1, 0.15) is 42.9 Å². The van der Waals surface area contributed by atoms with Crippen LogP contribution >= 0.6 is 0 Å². The van der Waals surface area contributed by atoms with E-state index in [1.165, 1.54) is 4.57 Å². The van der Waals surface area contributed by atoms with Gasteiger partial charge in [0.25, 0.3) is 5.91 Å². The first-order valence-electron chi connectivity index (χ1n) is 11.7. The minimum Gasteiger partial charge on any atom is -0.507 e. The van der Waals surface area contributed by atoms with Gasteiger partial charge in [0.05, 0.1) is 5.56 Å². The van der Waals surface area contributed by atoms with Crippen LogP contribution in [0.25, 0.3) is 17.1 Å². The number of hydrogen-bond donors (Lipinski definition) is 4. The van der Waals surface area contributed by atoms with Gasteiger partial charge in [-0.1, -0.05) is 31.5 Å². The summed E-state index contributed by atoms with van der Waals surface area (Å²) >= 11 is 0. The van der Waals surface area contributed by atoms with Gasteiger partial charge in [-0.25, -0.2) is 13.1 Å². The van der Waals surface area contributed by atoms with E-state index in [9.17, 15) is 23.4 Å². The van der Waals surface area contributed by atoms with E-state index in [1.807, 2.05) is 6.92 Å². The highest BCUT2D eigenvalue weighted by Crippen LogP contribution is 2.37. The molecule has 0 saturated carbocycles. The fourth-order valence-electron chi connectivity index (χ4n) is 3.79. The molecule has 0 radical (unpaired) electrons. The van der Waals surface area contributed by atoms with Gasteiger partial charge in [-0.15, -0.1) is 10.2 Å². The number of hydrogen-bond acceptors (Lipinski definition) is 8. The lowest BCUT2D eigenvalue weighted by Gasteiger charge is -2.17. The van der Waals surface area contributed by atoms with Crippen molar-refractivity contribution < 1.29 is 23.4 Å². The average molecular weight is 517 g/mol. The molecule has 0 saturated heterocycles. The van der Waals surface area contributed by atoms with Crippen LogP contribution < -0.4 is 10.5 Å². The smallest absolute Gasteiger partial charge is 0.287 e. The number of nitrogens with two attached hydrogens (primary N) is 1. The molecule has 1 amide bonds. The molecule has 1 heterocycles. The molecule has 0 spiro atoms. The third kappa shape index (κ3) is 6.01. The van der Waals surface area contributed by atoms with Crippen molar-refractivity contribution in [2.75, 3.05) is 26.2 Å². The number of aryl methyl sites for hydroxylation is 1. The molecule has 5 N–H and O–H groups in total. The predicted molar refractivity (Wildman–Crippen MR) is 136 cm³/mol. The summed E-state index contributed by atoms with van der Waals surface area (Å²) in [4.78, 5) is 13.8. The Morgan fingerprint density at radius 2 is 1.72 bits per heavy atom. The fourth-order valence-corrected chi connectivity index (χ4v) is 4.97. The third-order valence-electron chi connectivity index (χ3n) is 5.87. The second-order valence-corrected chi connectivity index (χ2v) is 10.1. The van der Waals surface area contributed by atoms with Crippen molar-refractivity contribution in [1.29, 1.82) is 0 Å². The van der Waals surface area contributed by atoms with Crippen molar-refractivity contribution in [3.63, 3.8) is 0 Å². The highest BCUT2D eigenvalue weighted by Gasteiger charge is 2.26. The van der Waals surface area contributed by atoms with Gasteiger partial charge in [0.2, 0.25) is 15.8 Å². The van der Waals surface area contributed by atoms with E-state index in [0.717, 1.165) is 43.8 Å². The summed E-state index contributed by atoms with van der Waals surface area (Å²) in [6.07, 6.45) is 1.43. The molecular weight excluding hydrogens is 484 g/mol. The van der Waals surface area contributed by atoms with E-state index < -0.39 is 32.3 Å². The van der Waals surface area contributed by atoms with Crippen molar-refractivity contribution in [2.45, 2.75) is 38.5 Å². The molecule has 0 aliphatic heterocycles. The van der Waals surface area contributed by atoms with Crippen LogP contribution in [0, 0.1) is 6.92 Å². The molecule has 36 heavy (non-hydrogen) atoms. The maximum absolute atomic E-state index is 13.0. The number of aromatic nitrogens is 3. The summed E-state index contributed by atoms with van der Waals surface area (Å²) in [6.45, 7) is 8.94. The zero-order valence-corrected chi connectivity index (χ0v) is 21.4. The number of rotatable bonds is 12. The number of primary amides is 1. The largest absolute Gasteiger partial charge is 0.507 e. The molecule has 3 aromatic rings. The first kappa shape index (κ1) is 27.1. The van der Waals surface area contributed by atoms with Crippen molar-refractivity contribution >= 4 is 15.9 Å². The lowest BCUT2D eigenvalue weighted by atomic mass is 10.1. The van der Waals surface area contributed by atoms with E-state index in [2.05, 4.69) is 33.7 Å². The third-order valence-corrected chi connectivity index (χ3v) is 7.36. The van der Waals surface area contributed by atoms with Gasteiger partial charge in [0.15, 0.2) is 5.82 Å². The molecule has 0 unspecified atom stereocenters. The second-order valence-electron chi connectivity index (χ2n) is 8.35. The van der Waals surface area contributed by atoms with E-state index >= 15 is 0 Å². The quantitative estimate of drug-likeness (QED) is 0.266. The van der Waals surface area contributed by atoms with E-state index in [1.54, 1.807) is 24.3 Å². The van der Waals surface area contributed by atoms with Crippen LogP contribution in [0.3, 0.4) is 0 Å². The molecule has 11 nitrogen and oxygen atoms in total. The highest BCUT2D eigenvalue weighted by atomic mass is 32.2. The number of amides is 1. The number of carbonyl (C=O) groups is 1. The van der Waals surface area contributed by atoms with Crippen LogP contribution in [-0.2, 0) is 10.0 Å². The Labute approximate surface area is 210 Å². The molecule has 1 aromatic heterocycles. The van der Waals surface area contributed by atoms with Gasteiger partial charge in [-0.3, -0.25) is 9.36 Å². The lowest BCUT2D eigenvalue weighted by molar-refractivity contribution is 0.0988. The van der Waals surface area contributed by atoms with Crippen LogP contribution in [0.4, 0.5) is 0 Å². The Hall–Kier alpha value is -3.48.